The second-order valence-corrected chi connectivity index (χ2v) is 9.19. The molecule has 1 aliphatic carbocycles. The van der Waals surface area contributed by atoms with Crippen molar-refractivity contribution in [1.82, 2.24) is 35.3 Å². The highest BCUT2D eigenvalue weighted by molar-refractivity contribution is 6.00. The van der Waals surface area contributed by atoms with Crippen molar-refractivity contribution in [3.05, 3.63) is 65.6 Å². The van der Waals surface area contributed by atoms with Crippen LogP contribution < -0.4 is 11.1 Å². The van der Waals surface area contributed by atoms with Crippen LogP contribution in [0.25, 0.3) is 33.2 Å². The highest BCUT2D eigenvalue weighted by Crippen LogP contribution is 2.36. The van der Waals surface area contributed by atoms with Crippen LogP contribution in [0.1, 0.15) is 53.2 Å². The van der Waals surface area contributed by atoms with Crippen molar-refractivity contribution < 1.29 is 4.79 Å². The van der Waals surface area contributed by atoms with Gasteiger partial charge in [-0.05, 0) is 43.0 Å². The van der Waals surface area contributed by atoms with Crippen LogP contribution in [0.4, 0.5) is 5.82 Å². The number of hydrogen-bond acceptors (Lipinski definition) is 6. The van der Waals surface area contributed by atoms with E-state index in [0.717, 1.165) is 57.2 Å². The van der Waals surface area contributed by atoms with Crippen molar-refractivity contribution >= 4 is 33.7 Å². The number of amides is 1. The third-order valence-electron chi connectivity index (χ3n) is 6.90. The lowest BCUT2D eigenvalue weighted by atomic mass is 10.0. The highest BCUT2D eigenvalue weighted by atomic mass is 16.1. The lowest BCUT2D eigenvalue weighted by Crippen LogP contribution is -2.23. The molecule has 4 N–H and O–H groups in total. The first-order valence-electron chi connectivity index (χ1n) is 11.9. The molecule has 35 heavy (non-hydrogen) atoms. The molecule has 5 aromatic rings. The van der Waals surface area contributed by atoms with E-state index in [2.05, 4.69) is 25.5 Å². The summed E-state index contributed by atoms with van der Waals surface area (Å²) in [6.45, 7) is 2.35. The number of rotatable bonds is 5. The molecule has 0 aliphatic heterocycles. The second kappa shape index (κ2) is 8.50. The van der Waals surface area contributed by atoms with Crippen molar-refractivity contribution in [1.29, 1.82) is 0 Å². The quantitative estimate of drug-likeness (QED) is 0.354. The van der Waals surface area contributed by atoms with Crippen molar-refractivity contribution in [2.75, 3.05) is 5.73 Å². The molecule has 0 unspecified atom stereocenters. The standard InChI is InChI=1S/C26H26N8O/c1-15-10-21-18(13-31-32-21)11-20(15)26(35)28-12-16-6-8-17(9-7-16)23-22-24(27)29-14-30-25(22)34(33-23)19-4-2-3-5-19/h6-11,13-14,19H,2-5,12H2,1H3,(H,28,35)(H,31,32)(H2,27,29,30). The van der Waals surface area contributed by atoms with Crippen LogP contribution in [0.5, 0.6) is 0 Å². The number of nitrogens with zero attached hydrogens (tertiary/aromatic N) is 5. The smallest absolute Gasteiger partial charge is 0.251 e. The molecular formula is C26H26N8O. The molecule has 1 aliphatic rings. The molecular weight excluding hydrogens is 440 g/mol. The maximum absolute atomic E-state index is 12.8. The van der Waals surface area contributed by atoms with E-state index in [1.54, 1.807) is 6.20 Å². The van der Waals surface area contributed by atoms with E-state index >= 15 is 0 Å². The number of nitrogens with two attached hydrogens (primary N) is 1. The summed E-state index contributed by atoms with van der Waals surface area (Å²) in [6, 6.07) is 12.2. The Morgan fingerprint density at radius 3 is 2.77 bits per heavy atom. The van der Waals surface area contributed by atoms with Gasteiger partial charge in [0.15, 0.2) is 5.65 Å². The molecule has 1 saturated carbocycles. The van der Waals surface area contributed by atoms with Crippen molar-refractivity contribution in [2.24, 2.45) is 0 Å². The van der Waals surface area contributed by atoms with Gasteiger partial charge in [-0.3, -0.25) is 9.89 Å². The van der Waals surface area contributed by atoms with Gasteiger partial charge in [0.1, 0.15) is 17.8 Å². The molecule has 3 heterocycles. The normalized spacial score (nSPS) is 14.2. The summed E-state index contributed by atoms with van der Waals surface area (Å²) in [6.07, 6.45) is 7.85. The minimum atomic E-state index is -0.110. The Morgan fingerprint density at radius 1 is 1.17 bits per heavy atom. The molecule has 0 spiro atoms. The summed E-state index contributed by atoms with van der Waals surface area (Å²) >= 11 is 0. The zero-order chi connectivity index (χ0) is 23.9. The van der Waals surface area contributed by atoms with Gasteiger partial charge in [0.25, 0.3) is 5.91 Å². The Balaban J connectivity index is 1.24. The first-order valence-corrected chi connectivity index (χ1v) is 11.9. The zero-order valence-corrected chi connectivity index (χ0v) is 19.5. The van der Waals surface area contributed by atoms with Gasteiger partial charge in [-0.2, -0.15) is 10.2 Å². The molecule has 0 saturated heterocycles. The number of benzene rings is 2. The van der Waals surface area contributed by atoms with Gasteiger partial charge >= 0.3 is 0 Å². The number of aryl methyl sites for hydroxylation is 1. The summed E-state index contributed by atoms with van der Waals surface area (Å²) in [7, 11) is 0. The minimum Gasteiger partial charge on any atom is -0.383 e. The van der Waals surface area contributed by atoms with Crippen LogP contribution in [0.2, 0.25) is 0 Å². The highest BCUT2D eigenvalue weighted by Gasteiger charge is 2.24. The van der Waals surface area contributed by atoms with E-state index in [9.17, 15) is 4.79 Å². The van der Waals surface area contributed by atoms with Gasteiger partial charge in [0.05, 0.1) is 23.1 Å². The van der Waals surface area contributed by atoms with Crippen molar-refractivity contribution in [2.45, 2.75) is 45.2 Å². The maximum Gasteiger partial charge on any atom is 0.251 e. The van der Waals surface area contributed by atoms with Gasteiger partial charge in [-0.25, -0.2) is 14.6 Å². The molecule has 0 radical (unpaired) electrons. The Kier molecular flexibility index (Phi) is 5.17. The third-order valence-corrected chi connectivity index (χ3v) is 6.90. The molecule has 0 bridgehead atoms. The number of anilines is 1. The number of fused-ring (bicyclic) bond motifs is 2. The fraction of sp³-hybridized carbons (Fsp3) is 0.269. The fourth-order valence-electron chi connectivity index (χ4n) is 5.00. The van der Waals surface area contributed by atoms with E-state index in [-0.39, 0.29) is 5.91 Å². The molecule has 3 aromatic heterocycles. The average Bonchev–Trinajstić information content (AvgIpc) is 3.62. The van der Waals surface area contributed by atoms with Crippen LogP contribution in [0.3, 0.4) is 0 Å². The monoisotopic (exact) mass is 466 g/mol. The Morgan fingerprint density at radius 2 is 1.97 bits per heavy atom. The summed E-state index contributed by atoms with van der Waals surface area (Å²) in [5.74, 6) is 0.330. The number of hydrogen-bond donors (Lipinski definition) is 3. The summed E-state index contributed by atoms with van der Waals surface area (Å²) < 4.78 is 2.03. The SMILES string of the molecule is Cc1cc2[nH]ncc2cc1C(=O)NCc1ccc(-c2nn(C3CCCC3)c3ncnc(N)c23)cc1. The number of aromatic amines is 1. The largest absolute Gasteiger partial charge is 0.383 e. The average molecular weight is 467 g/mol. The lowest BCUT2D eigenvalue weighted by molar-refractivity contribution is 0.0950. The van der Waals surface area contributed by atoms with Crippen LogP contribution in [0, 0.1) is 6.92 Å². The van der Waals surface area contributed by atoms with Gasteiger partial charge < -0.3 is 11.1 Å². The Bertz CT molecular complexity index is 1540. The van der Waals surface area contributed by atoms with Gasteiger partial charge in [-0.15, -0.1) is 0 Å². The number of carbonyl (C=O) groups excluding carboxylic acids is 1. The topological polar surface area (TPSA) is 127 Å². The molecule has 9 heteroatoms. The van der Waals surface area contributed by atoms with Crippen LogP contribution in [-0.2, 0) is 6.54 Å². The predicted octanol–water partition coefficient (Wildman–Crippen LogP) is 4.31. The van der Waals surface area contributed by atoms with Crippen molar-refractivity contribution in [3.8, 4) is 11.3 Å². The maximum atomic E-state index is 12.8. The number of aromatic nitrogens is 6. The lowest BCUT2D eigenvalue weighted by Gasteiger charge is -2.10. The molecule has 9 nitrogen and oxygen atoms in total. The molecule has 2 aromatic carbocycles. The van der Waals surface area contributed by atoms with Crippen LogP contribution in [0.15, 0.2) is 48.9 Å². The van der Waals surface area contributed by atoms with E-state index in [0.29, 0.717) is 24.0 Å². The Labute approximate surface area is 201 Å². The van der Waals surface area contributed by atoms with E-state index in [1.807, 2.05) is 48.0 Å². The van der Waals surface area contributed by atoms with Gasteiger partial charge in [-0.1, -0.05) is 37.1 Å². The summed E-state index contributed by atoms with van der Waals surface area (Å²) in [4.78, 5) is 21.5. The first kappa shape index (κ1) is 21.3. The number of carbonyl (C=O) groups is 1. The van der Waals surface area contributed by atoms with E-state index in [1.165, 1.54) is 19.2 Å². The van der Waals surface area contributed by atoms with Crippen molar-refractivity contribution in [3.63, 3.8) is 0 Å². The fourth-order valence-corrected chi connectivity index (χ4v) is 5.00. The van der Waals surface area contributed by atoms with E-state index in [4.69, 9.17) is 10.8 Å². The molecule has 6 rings (SSSR count). The molecule has 0 atom stereocenters. The third kappa shape index (κ3) is 3.78. The first-order chi connectivity index (χ1) is 17.1. The zero-order valence-electron chi connectivity index (χ0n) is 19.5. The molecule has 1 fully saturated rings. The molecule has 1 amide bonds. The van der Waals surface area contributed by atoms with Crippen LogP contribution in [-0.4, -0.2) is 35.9 Å². The second-order valence-electron chi connectivity index (χ2n) is 9.19. The van der Waals surface area contributed by atoms with E-state index < -0.39 is 0 Å². The summed E-state index contributed by atoms with van der Waals surface area (Å²) in [5.41, 5.74) is 12.3. The number of nitrogen functional groups attached to an aromatic ring is 1. The summed E-state index contributed by atoms with van der Waals surface area (Å²) in [5, 5.41) is 16.6. The molecule has 176 valence electrons. The number of H-pyrrole nitrogens is 1. The number of nitrogens with one attached hydrogen (secondary N) is 2. The predicted molar refractivity (Wildman–Crippen MR) is 135 cm³/mol. The Hall–Kier alpha value is -4.27. The van der Waals surface area contributed by atoms with Crippen LogP contribution >= 0.6 is 0 Å². The van der Waals surface area contributed by atoms with Gasteiger partial charge in [0.2, 0.25) is 0 Å². The van der Waals surface area contributed by atoms with Gasteiger partial charge in [0, 0.05) is 23.1 Å². The minimum absolute atomic E-state index is 0.110.